The molecule has 0 bridgehead atoms. The normalized spacial score (nSPS) is 19.8. The Hall–Kier alpha value is -3.08. The van der Waals surface area contributed by atoms with Crippen LogP contribution in [0, 0.1) is 5.92 Å². The summed E-state index contributed by atoms with van der Waals surface area (Å²) in [5.41, 5.74) is 2.92. The number of hydrogen-bond acceptors (Lipinski definition) is 2. The van der Waals surface area contributed by atoms with Gasteiger partial charge in [-0.2, -0.15) is 0 Å². The van der Waals surface area contributed by atoms with E-state index in [0.717, 1.165) is 22.0 Å². The SMILES string of the molecule is O=C(O)[C@@H]1CN(C(=O)Cc2c[nH]c3ccccc23)C[C@H]1c1ccccc1. The highest BCUT2D eigenvalue weighted by Crippen LogP contribution is 2.33. The number of aromatic nitrogens is 1. The lowest BCUT2D eigenvalue weighted by molar-refractivity contribution is -0.141. The zero-order valence-corrected chi connectivity index (χ0v) is 14.3. The van der Waals surface area contributed by atoms with Gasteiger partial charge in [-0.15, -0.1) is 0 Å². The molecule has 0 saturated carbocycles. The third-order valence-electron chi connectivity index (χ3n) is 5.23. The number of fused-ring (bicyclic) bond motifs is 1. The first-order valence-electron chi connectivity index (χ1n) is 8.74. The number of carbonyl (C=O) groups excluding carboxylic acids is 1. The van der Waals surface area contributed by atoms with Crippen LogP contribution in [0.4, 0.5) is 0 Å². The lowest BCUT2D eigenvalue weighted by Crippen LogP contribution is -2.31. The van der Waals surface area contributed by atoms with Crippen LogP contribution >= 0.6 is 0 Å². The molecule has 0 radical (unpaired) electrons. The average Bonchev–Trinajstić information content (AvgIpc) is 3.28. The van der Waals surface area contributed by atoms with E-state index < -0.39 is 11.9 Å². The first-order valence-corrected chi connectivity index (χ1v) is 8.74. The van der Waals surface area contributed by atoms with Gasteiger partial charge in [0, 0.05) is 36.1 Å². The Morgan fingerprint density at radius 2 is 1.77 bits per heavy atom. The average molecular weight is 348 g/mol. The number of hydrogen-bond donors (Lipinski definition) is 2. The second kappa shape index (κ2) is 6.67. The molecule has 5 nitrogen and oxygen atoms in total. The van der Waals surface area contributed by atoms with Crippen LogP contribution in [0.3, 0.4) is 0 Å². The van der Waals surface area contributed by atoms with Crippen LogP contribution in [0.25, 0.3) is 10.9 Å². The molecule has 2 N–H and O–H groups in total. The molecule has 0 aliphatic carbocycles. The predicted octanol–water partition coefficient (Wildman–Crippen LogP) is 3.04. The van der Waals surface area contributed by atoms with E-state index in [1.807, 2.05) is 60.8 Å². The number of carbonyl (C=O) groups is 2. The summed E-state index contributed by atoms with van der Waals surface area (Å²) in [6.07, 6.45) is 2.14. The molecule has 2 heterocycles. The van der Waals surface area contributed by atoms with Crippen molar-refractivity contribution in [3.63, 3.8) is 0 Å². The van der Waals surface area contributed by atoms with E-state index >= 15 is 0 Å². The molecular formula is C21H20N2O3. The fraction of sp³-hybridized carbons (Fsp3) is 0.238. The van der Waals surface area contributed by atoms with Gasteiger partial charge in [-0.1, -0.05) is 48.5 Å². The number of nitrogens with zero attached hydrogens (tertiary/aromatic N) is 1. The van der Waals surface area contributed by atoms with Gasteiger partial charge in [0.1, 0.15) is 0 Å². The highest BCUT2D eigenvalue weighted by atomic mass is 16.4. The van der Waals surface area contributed by atoms with Crippen LogP contribution < -0.4 is 0 Å². The molecule has 3 aromatic rings. The zero-order valence-electron chi connectivity index (χ0n) is 14.3. The van der Waals surface area contributed by atoms with Crippen molar-refractivity contribution >= 4 is 22.8 Å². The molecule has 0 spiro atoms. The molecule has 4 rings (SSSR count). The van der Waals surface area contributed by atoms with Crippen molar-refractivity contribution in [3.8, 4) is 0 Å². The Labute approximate surface area is 151 Å². The lowest BCUT2D eigenvalue weighted by Gasteiger charge is -2.16. The summed E-state index contributed by atoms with van der Waals surface area (Å²) in [6, 6.07) is 17.5. The summed E-state index contributed by atoms with van der Waals surface area (Å²) in [4.78, 5) is 29.4. The molecule has 1 amide bonds. The summed E-state index contributed by atoms with van der Waals surface area (Å²) in [7, 11) is 0. The second-order valence-corrected chi connectivity index (χ2v) is 6.80. The number of likely N-dealkylation sites (tertiary alicyclic amines) is 1. The minimum Gasteiger partial charge on any atom is -0.481 e. The number of amides is 1. The molecule has 1 aliphatic heterocycles. The molecule has 2 aromatic carbocycles. The molecule has 1 aliphatic rings. The molecule has 2 atom stereocenters. The summed E-state index contributed by atoms with van der Waals surface area (Å²) < 4.78 is 0. The predicted molar refractivity (Wildman–Crippen MR) is 98.9 cm³/mol. The monoisotopic (exact) mass is 348 g/mol. The number of carboxylic acids is 1. The van der Waals surface area contributed by atoms with Crippen LogP contribution in [0.2, 0.25) is 0 Å². The second-order valence-electron chi connectivity index (χ2n) is 6.80. The summed E-state index contributed by atoms with van der Waals surface area (Å²) in [6.45, 7) is 0.707. The zero-order chi connectivity index (χ0) is 18.1. The van der Waals surface area contributed by atoms with E-state index in [1.54, 1.807) is 4.90 Å². The Balaban J connectivity index is 1.54. The van der Waals surface area contributed by atoms with E-state index in [9.17, 15) is 14.7 Å². The quantitative estimate of drug-likeness (QED) is 0.761. The van der Waals surface area contributed by atoms with E-state index in [1.165, 1.54) is 0 Å². The van der Waals surface area contributed by atoms with Crippen molar-refractivity contribution in [2.45, 2.75) is 12.3 Å². The standard InChI is InChI=1S/C21H20N2O3/c24-20(10-15-11-22-19-9-5-4-8-16(15)19)23-12-17(18(13-23)21(25)26)14-6-2-1-3-7-14/h1-9,11,17-18,22H,10,12-13H2,(H,25,26)/t17-,18+/m0/s1. The fourth-order valence-corrected chi connectivity index (χ4v) is 3.85. The maximum Gasteiger partial charge on any atom is 0.308 e. The minimum absolute atomic E-state index is 0.0283. The number of aromatic amines is 1. The van der Waals surface area contributed by atoms with Gasteiger partial charge in [-0.05, 0) is 17.2 Å². The van der Waals surface area contributed by atoms with Crippen LogP contribution in [-0.4, -0.2) is 40.0 Å². The number of H-pyrrole nitrogens is 1. The Morgan fingerprint density at radius 3 is 2.54 bits per heavy atom. The largest absolute Gasteiger partial charge is 0.481 e. The van der Waals surface area contributed by atoms with E-state index in [2.05, 4.69) is 4.98 Å². The highest BCUT2D eigenvalue weighted by Gasteiger charge is 2.40. The minimum atomic E-state index is -0.846. The maximum atomic E-state index is 12.8. The van der Waals surface area contributed by atoms with Gasteiger partial charge in [-0.25, -0.2) is 0 Å². The van der Waals surface area contributed by atoms with Crippen molar-refractivity contribution in [3.05, 3.63) is 71.9 Å². The van der Waals surface area contributed by atoms with Crippen molar-refractivity contribution < 1.29 is 14.7 Å². The molecule has 1 aromatic heterocycles. The third kappa shape index (κ3) is 2.96. The first-order chi connectivity index (χ1) is 12.6. The fourth-order valence-electron chi connectivity index (χ4n) is 3.85. The summed E-state index contributed by atoms with van der Waals surface area (Å²) in [5.74, 6) is -1.61. The van der Waals surface area contributed by atoms with E-state index in [-0.39, 0.29) is 24.8 Å². The van der Waals surface area contributed by atoms with Gasteiger partial charge in [0.25, 0.3) is 0 Å². The Morgan fingerprint density at radius 1 is 1.04 bits per heavy atom. The van der Waals surface area contributed by atoms with Gasteiger partial charge in [-0.3, -0.25) is 9.59 Å². The summed E-state index contributed by atoms with van der Waals surface area (Å²) >= 11 is 0. The van der Waals surface area contributed by atoms with Gasteiger partial charge >= 0.3 is 5.97 Å². The number of aliphatic carboxylic acids is 1. The Kier molecular flexibility index (Phi) is 4.21. The number of carboxylic acid groups (broad SMARTS) is 1. The topological polar surface area (TPSA) is 73.4 Å². The number of para-hydroxylation sites is 1. The van der Waals surface area contributed by atoms with Gasteiger partial charge in [0.05, 0.1) is 12.3 Å². The molecular weight excluding hydrogens is 328 g/mol. The van der Waals surface area contributed by atoms with Gasteiger partial charge in [0.2, 0.25) is 5.91 Å². The Bertz CT molecular complexity index is 948. The van der Waals surface area contributed by atoms with Crippen LogP contribution in [0.5, 0.6) is 0 Å². The molecule has 0 unspecified atom stereocenters. The van der Waals surface area contributed by atoms with Crippen molar-refractivity contribution in [2.75, 3.05) is 13.1 Å². The van der Waals surface area contributed by atoms with Crippen molar-refractivity contribution in [2.24, 2.45) is 5.92 Å². The molecule has 132 valence electrons. The number of rotatable bonds is 4. The molecule has 5 heteroatoms. The smallest absolute Gasteiger partial charge is 0.308 e. The van der Waals surface area contributed by atoms with Gasteiger partial charge in [0.15, 0.2) is 0 Å². The van der Waals surface area contributed by atoms with Crippen LogP contribution in [0.15, 0.2) is 60.8 Å². The molecule has 26 heavy (non-hydrogen) atoms. The van der Waals surface area contributed by atoms with Crippen molar-refractivity contribution in [1.82, 2.24) is 9.88 Å². The molecule has 1 fully saturated rings. The third-order valence-corrected chi connectivity index (χ3v) is 5.23. The summed E-state index contributed by atoms with van der Waals surface area (Å²) in [5, 5.41) is 10.6. The number of nitrogens with one attached hydrogen (secondary N) is 1. The molecule has 1 saturated heterocycles. The maximum absolute atomic E-state index is 12.8. The first kappa shape index (κ1) is 16.4. The number of benzene rings is 2. The van der Waals surface area contributed by atoms with Crippen LogP contribution in [-0.2, 0) is 16.0 Å². The van der Waals surface area contributed by atoms with Crippen molar-refractivity contribution in [1.29, 1.82) is 0 Å². The van der Waals surface area contributed by atoms with Gasteiger partial charge < -0.3 is 15.0 Å². The van der Waals surface area contributed by atoms with E-state index in [4.69, 9.17) is 0 Å². The lowest BCUT2D eigenvalue weighted by atomic mass is 9.89. The van der Waals surface area contributed by atoms with E-state index in [0.29, 0.717) is 6.54 Å². The van der Waals surface area contributed by atoms with Crippen LogP contribution in [0.1, 0.15) is 17.0 Å². The highest BCUT2D eigenvalue weighted by molar-refractivity contribution is 5.89.